The predicted octanol–water partition coefficient (Wildman–Crippen LogP) is 2.35. The molecule has 2 atom stereocenters. The SMILES string of the molecule is CCc1ccccc1N1CCC(C)NC(C)C1=O. The number of para-hydroxylation sites is 1. The van der Waals surface area contributed by atoms with Gasteiger partial charge in [-0.25, -0.2) is 0 Å². The summed E-state index contributed by atoms with van der Waals surface area (Å²) in [6, 6.07) is 8.49. The lowest BCUT2D eigenvalue weighted by molar-refractivity contribution is -0.119. The predicted molar refractivity (Wildman–Crippen MR) is 74.8 cm³/mol. The van der Waals surface area contributed by atoms with Crippen molar-refractivity contribution in [3.8, 4) is 0 Å². The Morgan fingerprint density at radius 1 is 1.33 bits per heavy atom. The number of hydrogen-bond acceptors (Lipinski definition) is 2. The Bertz CT molecular complexity index is 430. The van der Waals surface area contributed by atoms with Gasteiger partial charge in [-0.15, -0.1) is 0 Å². The van der Waals surface area contributed by atoms with E-state index in [1.54, 1.807) is 0 Å². The minimum absolute atomic E-state index is 0.104. The second kappa shape index (κ2) is 5.53. The average Bonchev–Trinajstić information content (AvgIpc) is 2.50. The summed E-state index contributed by atoms with van der Waals surface area (Å²) < 4.78 is 0. The molecule has 1 aliphatic rings. The zero-order valence-corrected chi connectivity index (χ0v) is 11.4. The summed E-state index contributed by atoms with van der Waals surface area (Å²) in [5.41, 5.74) is 2.32. The van der Waals surface area contributed by atoms with Crippen LogP contribution >= 0.6 is 0 Å². The molecule has 2 rings (SSSR count). The molecule has 0 aliphatic carbocycles. The molecule has 18 heavy (non-hydrogen) atoms. The molecule has 1 heterocycles. The van der Waals surface area contributed by atoms with E-state index in [0.717, 1.165) is 25.1 Å². The van der Waals surface area contributed by atoms with Gasteiger partial charge in [-0.3, -0.25) is 4.79 Å². The molecular weight excluding hydrogens is 224 g/mol. The number of aryl methyl sites for hydroxylation is 1. The van der Waals surface area contributed by atoms with Crippen LogP contribution in [0.4, 0.5) is 5.69 Å². The van der Waals surface area contributed by atoms with E-state index in [0.29, 0.717) is 6.04 Å². The Balaban J connectivity index is 2.33. The van der Waals surface area contributed by atoms with Gasteiger partial charge >= 0.3 is 0 Å². The average molecular weight is 246 g/mol. The molecule has 1 saturated heterocycles. The minimum atomic E-state index is -0.104. The highest BCUT2D eigenvalue weighted by Gasteiger charge is 2.27. The van der Waals surface area contributed by atoms with Crippen molar-refractivity contribution in [3.63, 3.8) is 0 Å². The van der Waals surface area contributed by atoms with Crippen molar-refractivity contribution in [1.29, 1.82) is 0 Å². The fourth-order valence-electron chi connectivity index (χ4n) is 2.56. The second-order valence-electron chi connectivity index (χ2n) is 5.05. The lowest BCUT2D eigenvalue weighted by Gasteiger charge is -2.25. The molecule has 0 aromatic heterocycles. The van der Waals surface area contributed by atoms with E-state index < -0.39 is 0 Å². The number of carbonyl (C=O) groups excluding carboxylic acids is 1. The van der Waals surface area contributed by atoms with Crippen molar-refractivity contribution < 1.29 is 4.79 Å². The van der Waals surface area contributed by atoms with E-state index in [2.05, 4.69) is 31.3 Å². The molecule has 1 aromatic carbocycles. The van der Waals surface area contributed by atoms with Gasteiger partial charge in [-0.2, -0.15) is 0 Å². The van der Waals surface area contributed by atoms with Gasteiger partial charge in [0.25, 0.3) is 0 Å². The molecule has 1 fully saturated rings. The van der Waals surface area contributed by atoms with Crippen LogP contribution in [-0.4, -0.2) is 24.5 Å². The van der Waals surface area contributed by atoms with Crippen LogP contribution < -0.4 is 10.2 Å². The number of anilines is 1. The number of carbonyl (C=O) groups is 1. The van der Waals surface area contributed by atoms with E-state index in [1.165, 1.54) is 5.56 Å². The second-order valence-corrected chi connectivity index (χ2v) is 5.05. The van der Waals surface area contributed by atoms with Gasteiger partial charge in [0.2, 0.25) is 5.91 Å². The first-order chi connectivity index (χ1) is 8.63. The molecule has 0 radical (unpaired) electrons. The Kier molecular flexibility index (Phi) is 4.02. The number of amides is 1. The molecular formula is C15H22N2O. The zero-order valence-electron chi connectivity index (χ0n) is 11.4. The van der Waals surface area contributed by atoms with Crippen LogP contribution in [0.15, 0.2) is 24.3 Å². The molecule has 0 spiro atoms. The third-order valence-corrected chi connectivity index (χ3v) is 3.62. The van der Waals surface area contributed by atoms with Crippen molar-refractivity contribution in [2.45, 2.75) is 45.7 Å². The Morgan fingerprint density at radius 2 is 2.06 bits per heavy atom. The highest BCUT2D eigenvalue weighted by atomic mass is 16.2. The first kappa shape index (κ1) is 13.1. The molecule has 0 saturated carbocycles. The summed E-state index contributed by atoms with van der Waals surface area (Å²) in [6.07, 6.45) is 1.95. The van der Waals surface area contributed by atoms with Crippen molar-refractivity contribution >= 4 is 11.6 Å². The maximum Gasteiger partial charge on any atom is 0.243 e. The minimum Gasteiger partial charge on any atom is -0.311 e. The normalized spacial score (nSPS) is 25.1. The van der Waals surface area contributed by atoms with Crippen molar-refractivity contribution in [1.82, 2.24) is 5.32 Å². The fraction of sp³-hybridized carbons (Fsp3) is 0.533. The van der Waals surface area contributed by atoms with Crippen LogP contribution in [0.1, 0.15) is 32.8 Å². The van der Waals surface area contributed by atoms with Gasteiger partial charge in [-0.1, -0.05) is 25.1 Å². The largest absolute Gasteiger partial charge is 0.311 e. The first-order valence-electron chi connectivity index (χ1n) is 6.78. The molecule has 1 N–H and O–H groups in total. The smallest absolute Gasteiger partial charge is 0.243 e. The molecule has 1 amide bonds. The summed E-state index contributed by atoms with van der Waals surface area (Å²) in [4.78, 5) is 14.4. The van der Waals surface area contributed by atoms with Crippen LogP contribution in [0.25, 0.3) is 0 Å². The maximum absolute atomic E-state index is 12.4. The van der Waals surface area contributed by atoms with Crippen LogP contribution in [-0.2, 0) is 11.2 Å². The van der Waals surface area contributed by atoms with Crippen LogP contribution in [0.3, 0.4) is 0 Å². The first-order valence-corrected chi connectivity index (χ1v) is 6.78. The zero-order chi connectivity index (χ0) is 13.1. The van der Waals surface area contributed by atoms with Gasteiger partial charge in [0.1, 0.15) is 0 Å². The number of benzene rings is 1. The Hall–Kier alpha value is -1.35. The van der Waals surface area contributed by atoms with Gasteiger partial charge in [-0.05, 0) is 38.3 Å². The van der Waals surface area contributed by atoms with Crippen molar-refractivity contribution in [2.75, 3.05) is 11.4 Å². The molecule has 98 valence electrons. The number of rotatable bonds is 2. The van der Waals surface area contributed by atoms with E-state index >= 15 is 0 Å². The molecule has 2 unspecified atom stereocenters. The van der Waals surface area contributed by atoms with E-state index in [9.17, 15) is 4.79 Å². The fourth-order valence-corrected chi connectivity index (χ4v) is 2.56. The highest BCUT2D eigenvalue weighted by Crippen LogP contribution is 2.23. The molecule has 3 nitrogen and oxygen atoms in total. The Labute approximate surface area is 109 Å². The molecule has 1 aliphatic heterocycles. The van der Waals surface area contributed by atoms with Crippen molar-refractivity contribution in [2.24, 2.45) is 0 Å². The standard InChI is InChI=1S/C15H22N2O/c1-4-13-7-5-6-8-14(13)17-10-9-11(2)16-12(3)15(17)18/h5-8,11-12,16H,4,9-10H2,1-3H3. The maximum atomic E-state index is 12.4. The summed E-state index contributed by atoms with van der Waals surface area (Å²) >= 11 is 0. The summed E-state index contributed by atoms with van der Waals surface area (Å²) in [5.74, 6) is 0.181. The third-order valence-electron chi connectivity index (χ3n) is 3.62. The van der Waals surface area contributed by atoms with Gasteiger partial charge in [0, 0.05) is 18.3 Å². The number of hydrogen-bond donors (Lipinski definition) is 1. The lowest BCUT2D eigenvalue weighted by Crippen LogP contribution is -2.43. The lowest BCUT2D eigenvalue weighted by atomic mass is 10.1. The van der Waals surface area contributed by atoms with Crippen molar-refractivity contribution in [3.05, 3.63) is 29.8 Å². The summed E-state index contributed by atoms with van der Waals surface area (Å²) in [6.45, 7) is 7.02. The number of nitrogens with zero attached hydrogens (tertiary/aromatic N) is 1. The van der Waals surface area contributed by atoms with Crippen LogP contribution in [0.5, 0.6) is 0 Å². The van der Waals surface area contributed by atoms with Gasteiger partial charge in [0.05, 0.1) is 6.04 Å². The number of nitrogens with one attached hydrogen (secondary N) is 1. The van der Waals surface area contributed by atoms with E-state index in [4.69, 9.17) is 0 Å². The Morgan fingerprint density at radius 3 is 2.78 bits per heavy atom. The summed E-state index contributed by atoms with van der Waals surface area (Å²) in [5, 5.41) is 3.34. The highest BCUT2D eigenvalue weighted by molar-refractivity contribution is 5.97. The quantitative estimate of drug-likeness (QED) is 0.868. The topological polar surface area (TPSA) is 32.3 Å². The van der Waals surface area contributed by atoms with Crippen LogP contribution in [0, 0.1) is 0 Å². The molecule has 0 bridgehead atoms. The van der Waals surface area contributed by atoms with Gasteiger partial charge in [0.15, 0.2) is 0 Å². The van der Waals surface area contributed by atoms with E-state index in [-0.39, 0.29) is 11.9 Å². The van der Waals surface area contributed by atoms with Gasteiger partial charge < -0.3 is 10.2 Å². The third kappa shape index (κ3) is 2.56. The van der Waals surface area contributed by atoms with Crippen LogP contribution in [0.2, 0.25) is 0 Å². The molecule has 3 heteroatoms. The van der Waals surface area contributed by atoms with E-state index in [1.807, 2.05) is 24.0 Å². The molecule has 1 aromatic rings. The summed E-state index contributed by atoms with van der Waals surface area (Å²) in [7, 11) is 0. The monoisotopic (exact) mass is 246 g/mol.